The van der Waals surface area contributed by atoms with Crippen molar-refractivity contribution in [2.24, 2.45) is 0 Å². The van der Waals surface area contributed by atoms with Crippen LogP contribution in [0.2, 0.25) is 5.02 Å². The number of nitrogens with one attached hydrogen (secondary N) is 1. The monoisotopic (exact) mass is 407 g/mol. The fraction of sp³-hybridized carbons (Fsp3) is 0.0435. The zero-order valence-corrected chi connectivity index (χ0v) is 16.3. The first-order valence-corrected chi connectivity index (χ1v) is 9.11. The number of carboxylic acid groups (broad SMARTS) is 1. The Hall–Kier alpha value is -3.57. The summed E-state index contributed by atoms with van der Waals surface area (Å²) in [6, 6.07) is 20.9. The van der Waals surface area contributed by atoms with Crippen molar-refractivity contribution in [3.8, 4) is 16.9 Å². The van der Waals surface area contributed by atoms with E-state index in [4.69, 9.17) is 16.3 Å². The van der Waals surface area contributed by atoms with Crippen molar-refractivity contribution < 1.29 is 19.4 Å². The number of ether oxygens (including phenoxy) is 1. The van der Waals surface area contributed by atoms with E-state index in [1.807, 2.05) is 18.2 Å². The van der Waals surface area contributed by atoms with Gasteiger partial charge in [-0.3, -0.25) is 4.79 Å². The van der Waals surface area contributed by atoms with Gasteiger partial charge >= 0.3 is 5.97 Å². The first kappa shape index (κ1) is 20.2. The van der Waals surface area contributed by atoms with Crippen molar-refractivity contribution in [3.05, 3.63) is 94.6 Å². The zero-order valence-electron chi connectivity index (χ0n) is 15.6. The lowest BCUT2D eigenvalue weighted by atomic mass is 10.0. The van der Waals surface area contributed by atoms with Crippen LogP contribution >= 0.6 is 11.6 Å². The first-order valence-electron chi connectivity index (χ1n) is 8.74. The number of carbonyl (C=O) groups excluding carboxylic acids is 1. The standard InChI is InChI=1S/C23H18ClNO4/c1-29-21-12-11-15(13-18(21)17-9-5-6-10-19(17)24)14-20(23(27)28)25-22(26)16-7-3-2-4-8-16/h2-14H,1H3,(H,25,26)(H,27,28)/b20-14+. The maximum Gasteiger partial charge on any atom is 0.352 e. The minimum Gasteiger partial charge on any atom is -0.496 e. The lowest BCUT2D eigenvalue weighted by Gasteiger charge is -2.12. The Labute approximate surface area is 173 Å². The molecule has 0 fully saturated rings. The molecule has 29 heavy (non-hydrogen) atoms. The van der Waals surface area contributed by atoms with Crippen molar-refractivity contribution >= 4 is 29.6 Å². The highest BCUT2D eigenvalue weighted by Gasteiger charge is 2.15. The Morgan fingerprint density at radius 3 is 2.31 bits per heavy atom. The molecule has 2 N–H and O–H groups in total. The first-order chi connectivity index (χ1) is 14.0. The topological polar surface area (TPSA) is 75.6 Å². The van der Waals surface area contributed by atoms with E-state index in [-0.39, 0.29) is 5.70 Å². The van der Waals surface area contributed by atoms with Gasteiger partial charge in [-0.1, -0.05) is 54.1 Å². The molecular formula is C23H18ClNO4. The number of rotatable bonds is 6. The molecule has 0 saturated heterocycles. The van der Waals surface area contributed by atoms with Crippen LogP contribution in [0.3, 0.4) is 0 Å². The van der Waals surface area contributed by atoms with Crippen LogP contribution in [0, 0.1) is 0 Å². The Balaban J connectivity index is 1.98. The number of hydrogen-bond donors (Lipinski definition) is 2. The molecule has 0 heterocycles. The summed E-state index contributed by atoms with van der Waals surface area (Å²) in [7, 11) is 1.55. The van der Waals surface area contributed by atoms with Crippen LogP contribution in [0.25, 0.3) is 17.2 Å². The molecule has 0 radical (unpaired) electrons. The molecule has 6 heteroatoms. The molecule has 0 unspecified atom stereocenters. The largest absolute Gasteiger partial charge is 0.496 e. The zero-order chi connectivity index (χ0) is 20.8. The van der Waals surface area contributed by atoms with Crippen molar-refractivity contribution in [2.75, 3.05) is 7.11 Å². The van der Waals surface area contributed by atoms with E-state index >= 15 is 0 Å². The molecule has 3 aromatic rings. The number of halogens is 1. The summed E-state index contributed by atoms with van der Waals surface area (Å²) in [5.41, 5.74) is 2.17. The Morgan fingerprint density at radius 1 is 0.966 bits per heavy atom. The predicted molar refractivity (Wildman–Crippen MR) is 113 cm³/mol. The maximum absolute atomic E-state index is 12.3. The molecule has 1 amide bonds. The third-order valence-corrected chi connectivity index (χ3v) is 4.54. The van der Waals surface area contributed by atoms with Gasteiger partial charge in [0.15, 0.2) is 0 Å². The molecule has 146 valence electrons. The normalized spacial score (nSPS) is 11.0. The molecule has 0 saturated carbocycles. The van der Waals surface area contributed by atoms with E-state index in [1.165, 1.54) is 6.08 Å². The summed E-state index contributed by atoms with van der Waals surface area (Å²) in [6.45, 7) is 0. The molecule has 0 spiro atoms. The molecule has 3 aromatic carbocycles. The third-order valence-electron chi connectivity index (χ3n) is 4.21. The fourth-order valence-corrected chi connectivity index (χ4v) is 3.04. The summed E-state index contributed by atoms with van der Waals surface area (Å²) >= 11 is 6.31. The van der Waals surface area contributed by atoms with Crippen LogP contribution in [0.1, 0.15) is 15.9 Å². The Kier molecular flexibility index (Phi) is 6.32. The highest BCUT2D eigenvalue weighted by Crippen LogP contribution is 2.35. The Morgan fingerprint density at radius 2 is 1.66 bits per heavy atom. The van der Waals surface area contributed by atoms with Crippen LogP contribution in [-0.4, -0.2) is 24.1 Å². The van der Waals surface area contributed by atoms with Gasteiger partial charge in [-0.2, -0.15) is 0 Å². The van der Waals surface area contributed by atoms with Crippen LogP contribution < -0.4 is 10.1 Å². The SMILES string of the molecule is COc1ccc(/C=C(/NC(=O)c2ccccc2)C(=O)O)cc1-c1ccccc1Cl. The highest BCUT2D eigenvalue weighted by molar-refractivity contribution is 6.33. The van der Waals surface area contributed by atoms with Gasteiger partial charge < -0.3 is 15.2 Å². The molecule has 3 rings (SSSR count). The fourth-order valence-electron chi connectivity index (χ4n) is 2.81. The van der Waals surface area contributed by atoms with Gasteiger partial charge in [-0.25, -0.2) is 4.79 Å². The quantitative estimate of drug-likeness (QED) is 0.571. The highest BCUT2D eigenvalue weighted by atomic mass is 35.5. The van der Waals surface area contributed by atoms with Gasteiger partial charge in [0.1, 0.15) is 11.4 Å². The number of methoxy groups -OCH3 is 1. The average molecular weight is 408 g/mol. The number of hydrogen-bond acceptors (Lipinski definition) is 3. The van der Waals surface area contributed by atoms with E-state index in [1.54, 1.807) is 61.7 Å². The maximum atomic E-state index is 12.3. The van der Waals surface area contributed by atoms with Crippen molar-refractivity contribution in [1.82, 2.24) is 5.32 Å². The van der Waals surface area contributed by atoms with Gasteiger partial charge in [-0.15, -0.1) is 0 Å². The van der Waals surface area contributed by atoms with E-state index in [0.29, 0.717) is 27.5 Å². The van der Waals surface area contributed by atoms with Gasteiger partial charge in [-0.05, 0) is 42.0 Å². The summed E-state index contributed by atoms with van der Waals surface area (Å²) < 4.78 is 5.42. The lowest BCUT2D eigenvalue weighted by Crippen LogP contribution is -2.27. The molecule has 0 bridgehead atoms. The number of carboxylic acids is 1. The molecular weight excluding hydrogens is 390 g/mol. The average Bonchev–Trinajstić information content (AvgIpc) is 2.74. The minimum atomic E-state index is -1.25. The van der Waals surface area contributed by atoms with Gasteiger partial charge in [0, 0.05) is 21.7 Å². The molecule has 0 aliphatic heterocycles. The van der Waals surface area contributed by atoms with Crippen LogP contribution in [0.15, 0.2) is 78.5 Å². The van der Waals surface area contributed by atoms with E-state index in [9.17, 15) is 14.7 Å². The van der Waals surface area contributed by atoms with Crippen LogP contribution in [-0.2, 0) is 4.79 Å². The van der Waals surface area contributed by atoms with Gasteiger partial charge in [0.2, 0.25) is 0 Å². The van der Waals surface area contributed by atoms with Crippen molar-refractivity contribution in [2.45, 2.75) is 0 Å². The smallest absolute Gasteiger partial charge is 0.352 e. The summed E-state index contributed by atoms with van der Waals surface area (Å²) in [5, 5.41) is 12.5. The summed E-state index contributed by atoms with van der Waals surface area (Å²) in [5.74, 6) is -1.15. The van der Waals surface area contributed by atoms with Crippen molar-refractivity contribution in [1.29, 1.82) is 0 Å². The summed E-state index contributed by atoms with van der Waals surface area (Å²) in [4.78, 5) is 24.0. The molecule has 0 aliphatic rings. The predicted octanol–water partition coefficient (Wildman–Crippen LogP) is 4.87. The third kappa shape index (κ3) is 4.83. The van der Waals surface area contributed by atoms with Gasteiger partial charge in [0.05, 0.1) is 7.11 Å². The minimum absolute atomic E-state index is 0.242. The van der Waals surface area contributed by atoms with Crippen LogP contribution in [0.4, 0.5) is 0 Å². The second-order valence-corrected chi connectivity index (χ2v) is 6.53. The van der Waals surface area contributed by atoms with Gasteiger partial charge in [0.25, 0.3) is 5.91 Å². The number of amides is 1. The molecule has 0 atom stereocenters. The molecule has 0 aromatic heterocycles. The molecule has 5 nitrogen and oxygen atoms in total. The van der Waals surface area contributed by atoms with E-state index in [0.717, 1.165) is 5.56 Å². The second kappa shape index (κ2) is 9.08. The van der Waals surface area contributed by atoms with Crippen molar-refractivity contribution in [3.63, 3.8) is 0 Å². The Bertz CT molecular complexity index is 1080. The van der Waals surface area contributed by atoms with E-state index in [2.05, 4.69) is 5.32 Å². The van der Waals surface area contributed by atoms with E-state index < -0.39 is 11.9 Å². The lowest BCUT2D eigenvalue weighted by molar-refractivity contribution is -0.132. The molecule has 0 aliphatic carbocycles. The summed E-state index contributed by atoms with van der Waals surface area (Å²) in [6.07, 6.45) is 1.39. The number of aliphatic carboxylic acids is 1. The van der Waals surface area contributed by atoms with Crippen LogP contribution in [0.5, 0.6) is 5.75 Å². The number of carbonyl (C=O) groups is 2. The second-order valence-electron chi connectivity index (χ2n) is 6.12. The number of benzene rings is 3.